The van der Waals surface area contributed by atoms with Crippen molar-refractivity contribution in [2.75, 3.05) is 7.11 Å². The van der Waals surface area contributed by atoms with E-state index in [4.69, 9.17) is 4.42 Å². The van der Waals surface area contributed by atoms with Crippen LogP contribution in [0.5, 0.6) is 0 Å². The topological polar surface area (TPSA) is 103 Å². The molecule has 1 atom stereocenters. The van der Waals surface area contributed by atoms with Gasteiger partial charge in [0.05, 0.1) is 13.4 Å². The molecule has 0 spiro atoms. The second-order valence-electron chi connectivity index (χ2n) is 5.50. The highest BCUT2D eigenvalue weighted by Crippen LogP contribution is 2.15. The molecule has 0 aliphatic rings. The summed E-state index contributed by atoms with van der Waals surface area (Å²) in [6.45, 7) is 3.25. The van der Waals surface area contributed by atoms with Crippen LogP contribution in [0.4, 0.5) is 0 Å². The van der Waals surface area contributed by atoms with Gasteiger partial charge in [0.25, 0.3) is 5.56 Å². The van der Waals surface area contributed by atoms with Crippen LogP contribution in [0.1, 0.15) is 13.8 Å². The van der Waals surface area contributed by atoms with Crippen LogP contribution in [-0.2, 0) is 20.9 Å². The molecule has 0 aliphatic carbocycles. The van der Waals surface area contributed by atoms with Gasteiger partial charge in [-0.05, 0) is 24.1 Å². The quantitative estimate of drug-likeness (QED) is 0.785. The standard InChI is InChI=1S/C16H19N3O5/c1-10(2)15(16(22)23-3)17-13(20)9-19-14(21)7-6-11(18-19)12-5-4-8-24-12/h4-8,10,15H,9H2,1-3H3,(H,17,20)/t15-/m1/s1. The number of nitrogens with zero attached hydrogens (tertiary/aromatic N) is 2. The van der Waals surface area contributed by atoms with E-state index in [1.165, 1.54) is 25.5 Å². The van der Waals surface area contributed by atoms with Gasteiger partial charge in [0.1, 0.15) is 18.3 Å². The molecular weight excluding hydrogens is 314 g/mol. The van der Waals surface area contributed by atoms with Gasteiger partial charge in [-0.15, -0.1) is 0 Å². The van der Waals surface area contributed by atoms with E-state index in [1.807, 2.05) is 0 Å². The third kappa shape index (κ3) is 4.09. The molecule has 24 heavy (non-hydrogen) atoms. The maximum absolute atomic E-state index is 12.2. The average molecular weight is 333 g/mol. The van der Waals surface area contributed by atoms with Crippen molar-refractivity contribution in [1.29, 1.82) is 0 Å². The molecule has 2 rings (SSSR count). The number of nitrogens with one attached hydrogen (secondary N) is 1. The van der Waals surface area contributed by atoms with Crippen LogP contribution in [0.2, 0.25) is 0 Å². The summed E-state index contributed by atoms with van der Waals surface area (Å²) in [6.07, 6.45) is 1.49. The number of amides is 1. The van der Waals surface area contributed by atoms with Gasteiger partial charge < -0.3 is 14.5 Å². The maximum atomic E-state index is 12.2. The number of ether oxygens (including phenoxy) is 1. The van der Waals surface area contributed by atoms with E-state index in [0.29, 0.717) is 11.5 Å². The molecule has 2 aromatic heterocycles. The Morgan fingerprint density at radius 1 is 1.33 bits per heavy atom. The maximum Gasteiger partial charge on any atom is 0.328 e. The second kappa shape index (κ2) is 7.58. The number of rotatable bonds is 6. The Bertz CT molecular complexity index is 764. The molecule has 0 saturated heterocycles. The van der Waals surface area contributed by atoms with E-state index < -0.39 is 23.5 Å². The Morgan fingerprint density at radius 3 is 2.67 bits per heavy atom. The third-order valence-corrected chi connectivity index (χ3v) is 3.37. The van der Waals surface area contributed by atoms with Crippen molar-refractivity contribution in [3.8, 4) is 11.5 Å². The summed E-state index contributed by atoms with van der Waals surface area (Å²) in [5.74, 6) is -0.715. The van der Waals surface area contributed by atoms with Crippen molar-refractivity contribution in [1.82, 2.24) is 15.1 Å². The van der Waals surface area contributed by atoms with Crippen LogP contribution in [0.25, 0.3) is 11.5 Å². The highest BCUT2D eigenvalue weighted by molar-refractivity contribution is 5.84. The van der Waals surface area contributed by atoms with Gasteiger partial charge in [-0.1, -0.05) is 13.8 Å². The average Bonchev–Trinajstić information content (AvgIpc) is 3.08. The molecule has 8 heteroatoms. The Labute approximate surface area is 138 Å². The van der Waals surface area contributed by atoms with Crippen molar-refractivity contribution in [3.05, 3.63) is 40.9 Å². The minimum Gasteiger partial charge on any atom is -0.467 e. The summed E-state index contributed by atoms with van der Waals surface area (Å²) >= 11 is 0. The molecule has 128 valence electrons. The van der Waals surface area contributed by atoms with E-state index in [2.05, 4.69) is 15.2 Å². The molecule has 0 aliphatic heterocycles. The number of methoxy groups -OCH3 is 1. The van der Waals surface area contributed by atoms with Gasteiger partial charge >= 0.3 is 5.97 Å². The Morgan fingerprint density at radius 2 is 2.08 bits per heavy atom. The number of furan rings is 1. The van der Waals surface area contributed by atoms with Gasteiger partial charge in [-0.3, -0.25) is 9.59 Å². The van der Waals surface area contributed by atoms with Crippen molar-refractivity contribution in [3.63, 3.8) is 0 Å². The van der Waals surface area contributed by atoms with Crippen LogP contribution in [-0.4, -0.2) is 34.8 Å². The number of carbonyl (C=O) groups is 2. The van der Waals surface area contributed by atoms with Gasteiger partial charge in [0.15, 0.2) is 5.76 Å². The third-order valence-electron chi connectivity index (χ3n) is 3.37. The molecule has 0 radical (unpaired) electrons. The molecule has 1 amide bonds. The SMILES string of the molecule is COC(=O)[C@H](NC(=O)Cn1nc(-c2ccco2)ccc1=O)C(C)C. The Balaban J connectivity index is 2.15. The zero-order chi connectivity index (χ0) is 17.7. The summed E-state index contributed by atoms with van der Waals surface area (Å²) < 4.78 is 10.9. The van der Waals surface area contributed by atoms with Crippen LogP contribution < -0.4 is 10.9 Å². The lowest BCUT2D eigenvalue weighted by Crippen LogP contribution is -2.47. The number of hydrogen-bond donors (Lipinski definition) is 1. The lowest BCUT2D eigenvalue weighted by Gasteiger charge is -2.19. The second-order valence-corrected chi connectivity index (χ2v) is 5.50. The smallest absolute Gasteiger partial charge is 0.328 e. The van der Waals surface area contributed by atoms with Gasteiger partial charge in [0.2, 0.25) is 5.91 Å². The van der Waals surface area contributed by atoms with E-state index in [0.717, 1.165) is 4.68 Å². The minimum absolute atomic E-state index is 0.152. The van der Waals surface area contributed by atoms with E-state index >= 15 is 0 Å². The molecule has 8 nitrogen and oxygen atoms in total. The van der Waals surface area contributed by atoms with E-state index in [-0.39, 0.29) is 12.5 Å². The molecule has 0 fully saturated rings. The molecule has 2 aromatic rings. The predicted octanol–water partition coefficient (Wildman–Crippen LogP) is 0.817. The van der Waals surface area contributed by atoms with E-state index in [1.54, 1.807) is 26.0 Å². The fraction of sp³-hybridized carbons (Fsp3) is 0.375. The lowest BCUT2D eigenvalue weighted by atomic mass is 10.0. The van der Waals surface area contributed by atoms with Crippen molar-refractivity contribution in [2.45, 2.75) is 26.4 Å². The zero-order valence-corrected chi connectivity index (χ0v) is 13.7. The molecule has 1 N–H and O–H groups in total. The number of hydrogen-bond acceptors (Lipinski definition) is 6. The molecule has 0 saturated carbocycles. The zero-order valence-electron chi connectivity index (χ0n) is 13.7. The Kier molecular flexibility index (Phi) is 5.51. The summed E-state index contributed by atoms with van der Waals surface area (Å²) in [5, 5.41) is 6.67. The fourth-order valence-corrected chi connectivity index (χ4v) is 2.10. The van der Waals surface area contributed by atoms with Gasteiger partial charge in [-0.25, -0.2) is 9.48 Å². The van der Waals surface area contributed by atoms with Crippen molar-refractivity contribution in [2.24, 2.45) is 5.92 Å². The first-order chi connectivity index (χ1) is 11.4. The fourth-order valence-electron chi connectivity index (χ4n) is 2.10. The minimum atomic E-state index is -0.786. The largest absolute Gasteiger partial charge is 0.467 e. The van der Waals surface area contributed by atoms with Gasteiger partial charge in [0, 0.05) is 6.07 Å². The molecule has 0 unspecified atom stereocenters. The highest BCUT2D eigenvalue weighted by Gasteiger charge is 2.25. The number of aromatic nitrogens is 2. The summed E-state index contributed by atoms with van der Waals surface area (Å²) in [7, 11) is 1.25. The first-order valence-corrected chi connectivity index (χ1v) is 7.41. The summed E-state index contributed by atoms with van der Waals surface area (Å²) in [6, 6.07) is 5.43. The molecule has 2 heterocycles. The van der Waals surface area contributed by atoms with Crippen LogP contribution >= 0.6 is 0 Å². The van der Waals surface area contributed by atoms with Crippen LogP contribution in [0.15, 0.2) is 39.7 Å². The lowest BCUT2D eigenvalue weighted by molar-refractivity contribution is -0.146. The first kappa shape index (κ1) is 17.5. The normalized spacial score (nSPS) is 12.0. The molecular formula is C16H19N3O5. The van der Waals surface area contributed by atoms with Crippen molar-refractivity contribution >= 4 is 11.9 Å². The first-order valence-electron chi connectivity index (χ1n) is 7.41. The highest BCUT2D eigenvalue weighted by atomic mass is 16.5. The summed E-state index contributed by atoms with van der Waals surface area (Å²) in [4.78, 5) is 35.7. The Hall–Kier alpha value is -2.90. The summed E-state index contributed by atoms with van der Waals surface area (Å²) in [5.41, 5.74) is 0.000369. The van der Waals surface area contributed by atoms with Crippen LogP contribution in [0, 0.1) is 5.92 Å². The molecule has 0 bridgehead atoms. The van der Waals surface area contributed by atoms with Crippen molar-refractivity contribution < 1.29 is 18.7 Å². The predicted molar refractivity (Wildman–Crippen MR) is 85.0 cm³/mol. The van der Waals surface area contributed by atoms with Crippen LogP contribution in [0.3, 0.4) is 0 Å². The molecule has 0 aromatic carbocycles. The van der Waals surface area contributed by atoms with Gasteiger partial charge in [-0.2, -0.15) is 5.10 Å². The number of esters is 1. The van der Waals surface area contributed by atoms with E-state index in [9.17, 15) is 14.4 Å². The number of carbonyl (C=O) groups excluding carboxylic acids is 2. The monoisotopic (exact) mass is 333 g/mol.